The van der Waals surface area contributed by atoms with Gasteiger partial charge >= 0.3 is 0 Å². The minimum absolute atomic E-state index is 0.541. The van der Waals surface area contributed by atoms with Crippen molar-refractivity contribution in [3.05, 3.63) is 48.5 Å². The summed E-state index contributed by atoms with van der Waals surface area (Å²) in [6, 6.07) is 14.5. The van der Waals surface area contributed by atoms with Crippen LogP contribution in [-0.4, -0.2) is 0 Å². The first kappa shape index (κ1) is 12.8. The number of hydrogen-bond donors (Lipinski definition) is 4. The van der Waals surface area contributed by atoms with Gasteiger partial charge in [0.2, 0.25) is 0 Å². The predicted octanol–water partition coefficient (Wildman–Crippen LogP) is 2.95. The van der Waals surface area contributed by atoms with Crippen molar-refractivity contribution in [3.63, 3.8) is 0 Å². The molecule has 2 atom stereocenters. The molecule has 0 aliphatic rings. The average Bonchev–Trinajstić information content (AvgIpc) is 2.37. The third-order valence-corrected chi connectivity index (χ3v) is 6.14. The zero-order valence-electron chi connectivity index (χ0n) is 9.59. The van der Waals surface area contributed by atoms with Gasteiger partial charge in [-0.2, -0.15) is 0 Å². The van der Waals surface area contributed by atoms with Gasteiger partial charge in [0, 0.05) is 40.6 Å². The summed E-state index contributed by atoms with van der Waals surface area (Å²) in [5.74, 6) is 0. The van der Waals surface area contributed by atoms with E-state index < -0.39 is 19.4 Å². The van der Waals surface area contributed by atoms with Crippen LogP contribution in [0.4, 0.5) is 11.4 Å². The first-order chi connectivity index (χ1) is 8.58. The standard InChI is InChI=1S/C12H14N4S2/c13-9-6-10(14)8-12(7-9)18(16)17(15)11-4-2-1-3-5-11/h1-8,15-16H,13-14H2. The van der Waals surface area contributed by atoms with Crippen molar-refractivity contribution in [1.29, 1.82) is 9.56 Å². The Morgan fingerprint density at radius 2 is 1.22 bits per heavy atom. The summed E-state index contributed by atoms with van der Waals surface area (Å²) in [7, 11) is -1.88. The van der Waals surface area contributed by atoms with Gasteiger partial charge in [-0.1, -0.05) is 18.2 Å². The van der Waals surface area contributed by atoms with E-state index in [0.29, 0.717) is 11.4 Å². The number of benzene rings is 2. The van der Waals surface area contributed by atoms with E-state index in [-0.39, 0.29) is 0 Å². The van der Waals surface area contributed by atoms with Gasteiger partial charge in [-0.05, 0) is 30.3 Å². The molecule has 0 bridgehead atoms. The topological polar surface area (TPSA) is 99.7 Å². The molecule has 18 heavy (non-hydrogen) atoms. The highest BCUT2D eigenvalue weighted by Crippen LogP contribution is 2.22. The molecule has 2 unspecified atom stereocenters. The van der Waals surface area contributed by atoms with Gasteiger partial charge in [0.1, 0.15) is 0 Å². The molecule has 0 spiro atoms. The molecular formula is C12H14N4S2. The lowest BCUT2D eigenvalue weighted by Crippen LogP contribution is -2.00. The van der Waals surface area contributed by atoms with Crippen molar-refractivity contribution in [1.82, 2.24) is 0 Å². The van der Waals surface area contributed by atoms with Crippen molar-refractivity contribution in [2.45, 2.75) is 9.79 Å². The molecule has 0 fully saturated rings. The highest BCUT2D eigenvalue weighted by molar-refractivity contribution is 8.61. The van der Waals surface area contributed by atoms with E-state index in [4.69, 9.17) is 21.0 Å². The first-order valence-corrected chi connectivity index (χ1v) is 8.17. The summed E-state index contributed by atoms with van der Waals surface area (Å²) >= 11 is 0. The van der Waals surface area contributed by atoms with Gasteiger partial charge in [0.25, 0.3) is 0 Å². The second kappa shape index (κ2) is 5.32. The highest BCUT2D eigenvalue weighted by Gasteiger charge is 2.08. The Labute approximate surface area is 110 Å². The Morgan fingerprint density at radius 3 is 1.78 bits per heavy atom. The van der Waals surface area contributed by atoms with Gasteiger partial charge in [-0.15, -0.1) is 0 Å². The third-order valence-electron chi connectivity index (χ3n) is 2.29. The maximum Gasteiger partial charge on any atom is 0.0346 e. The minimum Gasteiger partial charge on any atom is -0.399 e. The summed E-state index contributed by atoms with van der Waals surface area (Å²) in [6.07, 6.45) is 0. The molecule has 0 aromatic heterocycles. The van der Waals surface area contributed by atoms with Gasteiger partial charge < -0.3 is 11.5 Å². The fourth-order valence-corrected chi connectivity index (χ4v) is 4.54. The van der Waals surface area contributed by atoms with E-state index in [0.717, 1.165) is 9.79 Å². The van der Waals surface area contributed by atoms with E-state index in [2.05, 4.69) is 0 Å². The van der Waals surface area contributed by atoms with E-state index in [9.17, 15) is 0 Å². The van der Waals surface area contributed by atoms with Gasteiger partial charge in [-0.25, -0.2) is 0 Å². The summed E-state index contributed by atoms with van der Waals surface area (Å²) in [6.45, 7) is 0. The third kappa shape index (κ3) is 2.77. The Hall–Kier alpha value is -1.66. The maximum absolute atomic E-state index is 8.19. The van der Waals surface area contributed by atoms with Gasteiger partial charge in [-0.3, -0.25) is 9.56 Å². The molecule has 2 aromatic carbocycles. The predicted molar refractivity (Wildman–Crippen MR) is 78.4 cm³/mol. The average molecular weight is 278 g/mol. The molecule has 6 heteroatoms. The van der Waals surface area contributed by atoms with Crippen LogP contribution < -0.4 is 11.5 Å². The van der Waals surface area contributed by atoms with Crippen LogP contribution in [-0.2, 0) is 19.4 Å². The summed E-state index contributed by atoms with van der Waals surface area (Å²) in [5, 5.41) is 0. The van der Waals surface area contributed by atoms with E-state index in [1.807, 2.05) is 30.3 Å². The first-order valence-electron chi connectivity index (χ1n) is 5.20. The molecular weight excluding hydrogens is 264 g/mol. The zero-order valence-corrected chi connectivity index (χ0v) is 11.2. The normalized spacial score (nSPS) is 14.0. The minimum atomic E-state index is -0.965. The molecule has 2 aromatic rings. The molecule has 0 saturated heterocycles. The fourth-order valence-electron chi connectivity index (χ4n) is 1.49. The molecule has 0 amide bonds. The maximum atomic E-state index is 8.19. The van der Waals surface area contributed by atoms with Gasteiger partial charge in [0.15, 0.2) is 0 Å². The van der Waals surface area contributed by atoms with Crippen LogP contribution in [0.5, 0.6) is 0 Å². The summed E-state index contributed by atoms with van der Waals surface area (Å²) in [4.78, 5) is 1.58. The number of nitrogen functional groups attached to an aromatic ring is 2. The van der Waals surface area contributed by atoms with Crippen molar-refractivity contribution >= 4 is 30.8 Å². The number of anilines is 2. The van der Waals surface area contributed by atoms with Crippen LogP contribution in [0.1, 0.15) is 0 Å². The van der Waals surface area contributed by atoms with Crippen LogP contribution in [0.25, 0.3) is 0 Å². The van der Waals surface area contributed by atoms with Crippen molar-refractivity contribution < 1.29 is 0 Å². The van der Waals surface area contributed by atoms with Crippen LogP contribution in [0.2, 0.25) is 0 Å². The molecule has 0 radical (unpaired) electrons. The van der Waals surface area contributed by atoms with E-state index in [1.165, 1.54) is 0 Å². The Morgan fingerprint density at radius 1 is 0.722 bits per heavy atom. The second-order valence-electron chi connectivity index (χ2n) is 3.69. The lowest BCUT2D eigenvalue weighted by Gasteiger charge is -2.10. The summed E-state index contributed by atoms with van der Waals surface area (Å²) in [5.41, 5.74) is 12.5. The number of nitrogens with one attached hydrogen (secondary N) is 2. The molecule has 0 heterocycles. The monoisotopic (exact) mass is 278 g/mol. The van der Waals surface area contributed by atoms with Crippen LogP contribution in [0.3, 0.4) is 0 Å². The molecule has 94 valence electrons. The van der Waals surface area contributed by atoms with E-state index in [1.54, 1.807) is 18.2 Å². The molecule has 2 rings (SSSR count). The Kier molecular flexibility index (Phi) is 3.78. The fraction of sp³-hybridized carbons (Fsp3) is 0. The smallest absolute Gasteiger partial charge is 0.0346 e. The lowest BCUT2D eigenvalue weighted by atomic mass is 10.3. The van der Waals surface area contributed by atoms with Crippen LogP contribution in [0.15, 0.2) is 58.3 Å². The number of hydrogen-bond acceptors (Lipinski definition) is 4. The molecule has 6 N–H and O–H groups in total. The number of nitrogens with two attached hydrogens (primary N) is 2. The molecule has 4 nitrogen and oxygen atoms in total. The van der Waals surface area contributed by atoms with Crippen LogP contribution in [0, 0.1) is 9.56 Å². The van der Waals surface area contributed by atoms with Crippen molar-refractivity contribution in [3.8, 4) is 0 Å². The summed E-state index contributed by atoms with van der Waals surface area (Å²) < 4.78 is 16.4. The SMILES string of the molecule is N=S(c1ccccc1)S(=N)c1cc(N)cc(N)c1. The quantitative estimate of drug-likeness (QED) is 0.512. The van der Waals surface area contributed by atoms with Crippen molar-refractivity contribution in [2.75, 3.05) is 11.5 Å². The second-order valence-corrected chi connectivity index (χ2v) is 7.70. The zero-order chi connectivity index (χ0) is 13.1. The Balaban J connectivity index is 2.35. The molecule has 0 saturated carbocycles. The van der Waals surface area contributed by atoms with Gasteiger partial charge in [0.05, 0.1) is 0 Å². The molecule has 0 aliphatic heterocycles. The Bertz CT molecular complexity index is 590. The largest absolute Gasteiger partial charge is 0.399 e. The van der Waals surface area contributed by atoms with Crippen LogP contribution >= 0.6 is 0 Å². The number of rotatable bonds is 3. The van der Waals surface area contributed by atoms with E-state index >= 15 is 0 Å². The lowest BCUT2D eigenvalue weighted by molar-refractivity contribution is 1.42. The van der Waals surface area contributed by atoms with Crippen molar-refractivity contribution in [2.24, 2.45) is 0 Å². The molecule has 0 aliphatic carbocycles. The highest BCUT2D eigenvalue weighted by atomic mass is 33.1.